The van der Waals surface area contributed by atoms with E-state index in [-0.39, 0.29) is 0 Å². The summed E-state index contributed by atoms with van der Waals surface area (Å²) in [5, 5.41) is 6.64. The Bertz CT molecular complexity index is 367. The third kappa shape index (κ3) is 6.93. The molecule has 0 saturated carbocycles. The standard InChI is InChI=1S/C7H15N.C6H13N.C5H8N2/c1-7-5-3-4-6-8(7)2;1-6-4-3-5-7(6)2;1-4-3-6-7-5(4)2/h7H,3-6H2,1-2H3;6H,3-5H2,1-2H3;3H,1-2H3,(H,6,7). The molecule has 0 amide bonds. The lowest BCUT2D eigenvalue weighted by Crippen LogP contribution is -2.33. The molecule has 0 aliphatic carbocycles. The van der Waals surface area contributed by atoms with Crippen molar-refractivity contribution in [1.29, 1.82) is 0 Å². The number of piperidine rings is 1. The predicted molar refractivity (Wildman–Crippen MR) is 95.3 cm³/mol. The molecule has 4 heteroatoms. The van der Waals surface area contributed by atoms with Crippen molar-refractivity contribution in [3.63, 3.8) is 0 Å². The first-order chi connectivity index (χ1) is 10.4. The van der Waals surface area contributed by atoms with Gasteiger partial charge in [-0.1, -0.05) is 6.42 Å². The predicted octanol–water partition coefficient (Wildman–Crippen LogP) is 3.62. The van der Waals surface area contributed by atoms with Gasteiger partial charge in [0.15, 0.2) is 0 Å². The number of aromatic amines is 1. The lowest BCUT2D eigenvalue weighted by atomic mass is 10.1. The number of nitrogens with one attached hydrogen (secondary N) is 1. The van der Waals surface area contributed by atoms with E-state index in [1.54, 1.807) is 0 Å². The highest BCUT2D eigenvalue weighted by Gasteiger charge is 2.14. The van der Waals surface area contributed by atoms with Crippen LogP contribution in [0.3, 0.4) is 0 Å². The number of aryl methyl sites for hydroxylation is 2. The molecule has 2 aliphatic rings. The Morgan fingerprint density at radius 2 is 1.50 bits per heavy atom. The van der Waals surface area contributed by atoms with E-state index in [1.807, 2.05) is 20.0 Å². The van der Waals surface area contributed by atoms with Crippen LogP contribution in [0.15, 0.2) is 6.20 Å². The minimum Gasteiger partial charge on any atom is -0.304 e. The van der Waals surface area contributed by atoms with Gasteiger partial charge in [0.2, 0.25) is 0 Å². The fourth-order valence-corrected chi connectivity index (χ4v) is 2.74. The van der Waals surface area contributed by atoms with Crippen molar-refractivity contribution < 1.29 is 0 Å². The third-order valence-electron chi connectivity index (χ3n) is 5.10. The van der Waals surface area contributed by atoms with Crippen LogP contribution in [0, 0.1) is 13.8 Å². The van der Waals surface area contributed by atoms with Crippen molar-refractivity contribution >= 4 is 0 Å². The van der Waals surface area contributed by atoms with Gasteiger partial charge in [-0.2, -0.15) is 5.10 Å². The molecule has 2 fully saturated rings. The van der Waals surface area contributed by atoms with Gasteiger partial charge in [0.1, 0.15) is 0 Å². The Morgan fingerprint density at radius 3 is 1.73 bits per heavy atom. The smallest absolute Gasteiger partial charge is 0.0620 e. The molecule has 3 heterocycles. The van der Waals surface area contributed by atoms with E-state index in [4.69, 9.17) is 0 Å². The van der Waals surface area contributed by atoms with Crippen molar-refractivity contribution in [1.82, 2.24) is 20.0 Å². The fraction of sp³-hybridized carbons (Fsp3) is 0.833. The Labute approximate surface area is 137 Å². The minimum absolute atomic E-state index is 0.837. The monoisotopic (exact) mass is 308 g/mol. The second kappa shape index (κ2) is 10.0. The number of H-pyrrole nitrogens is 1. The van der Waals surface area contributed by atoms with Crippen LogP contribution < -0.4 is 0 Å². The first kappa shape index (κ1) is 19.2. The van der Waals surface area contributed by atoms with Crippen molar-refractivity contribution in [3.8, 4) is 0 Å². The number of likely N-dealkylation sites (tertiary alicyclic amines) is 2. The van der Waals surface area contributed by atoms with E-state index in [9.17, 15) is 0 Å². The topological polar surface area (TPSA) is 35.2 Å². The number of aromatic nitrogens is 2. The van der Waals surface area contributed by atoms with Crippen LogP contribution in [0.5, 0.6) is 0 Å². The maximum absolute atomic E-state index is 3.89. The molecule has 3 rings (SSSR count). The molecule has 1 aromatic heterocycles. The summed E-state index contributed by atoms with van der Waals surface area (Å²) < 4.78 is 0. The summed E-state index contributed by atoms with van der Waals surface area (Å²) in [4.78, 5) is 4.84. The maximum atomic E-state index is 3.89. The molecule has 0 aromatic carbocycles. The molecule has 4 nitrogen and oxygen atoms in total. The first-order valence-electron chi connectivity index (χ1n) is 8.79. The molecule has 2 atom stereocenters. The molecule has 1 N–H and O–H groups in total. The van der Waals surface area contributed by atoms with Gasteiger partial charge in [-0.05, 0) is 86.1 Å². The van der Waals surface area contributed by atoms with Crippen LogP contribution in [-0.2, 0) is 0 Å². The summed E-state index contributed by atoms with van der Waals surface area (Å²) in [5.41, 5.74) is 2.31. The van der Waals surface area contributed by atoms with Gasteiger partial charge in [0.05, 0.1) is 5.69 Å². The molecule has 2 aliphatic heterocycles. The van der Waals surface area contributed by atoms with Gasteiger partial charge in [0.25, 0.3) is 0 Å². The summed E-state index contributed by atoms with van der Waals surface area (Å²) in [5.74, 6) is 0. The van der Waals surface area contributed by atoms with E-state index < -0.39 is 0 Å². The highest BCUT2D eigenvalue weighted by atomic mass is 15.1. The molecule has 2 unspecified atom stereocenters. The van der Waals surface area contributed by atoms with E-state index in [0.717, 1.165) is 17.8 Å². The fourth-order valence-electron chi connectivity index (χ4n) is 2.74. The van der Waals surface area contributed by atoms with Crippen molar-refractivity contribution in [2.24, 2.45) is 0 Å². The number of rotatable bonds is 0. The van der Waals surface area contributed by atoms with Gasteiger partial charge in [-0.25, -0.2) is 0 Å². The lowest BCUT2D eigenvalue weighted by Gasteiger charge is -2.29. The van der Waals surface area contributed by atoms with Crippen molar-refractivity contribution in [2.75, 3.05) is 27.2 Å². The van der Waals surface area contributed by atoms with Gasteiger partial charge in [0, 0.05) is 18.3 Å². The van der Waals surface area contributed by atoms with Gasteiger partial charge in [-0.15, -0.1) is 0 Å². The number of hydrogen-bond acceptors (Lipinski definition) is 3. The minimum atomic E-state index is 0.837. The van der Waals surface area contributed by atoms with E-state index in [1.165, 1.54) is 50.8 Å². The van der Waals surface area contributed by atoms with E-state index in [0.29, 0.717) is 0 Å². The summed E-state index contributed by atoms with van der Waals surface area (Å²) >= 11 is 0. The average molecular weight is 309 g/mol. The molecule has 128 valence electrons. The number of nitrogens with zero attached hydrogens (tertiary/aromatic N) is 3. The summed E-state index contributed by atoms with van der Waals surface area (Å²) in [6.07, 6.45) is 8.92. The highest BCUT2D eigenvalue weighted by Crippen LogP contribution is 2.13. The normalized spacial score (nSPS) is 25.9. The zero-order chi connectivity index (χ0) is 16.5. The Kier molecular flexibility index (Phi) is 8.72. The van der Waals surface area contributed by atoms with E-state index >= 15 is 0 Å². The third-order valence-corrected chi connectivity index (χ3v) is 5.10. The second-order valence-corrected chi connectivity index (χ2v) is 6.95. The van der Waals surface area contributed by atoms with Crippen LogP contribution in [0.25, 0.3) is 0 Å². The second-order valence-electron chi connectivity index (χ2n) is 6.95. The maximum Gasteiger partial charge on any atom is 0.0620 e. The Hall–Kier alpha value is -0.870. The van der Waals surface area contributed by atoms with Crippen LogP contribution >= 0.6 is 0 Å². The van der Waals surface area contributed by atoms with Crippen molar-refractivity contribution in [3.05, 3.63) is 17.5 Å². The molecule has 2 saturated heterocycles. The largest absolute Gasteiger partial charge is 0.304 e. The first-order valence-corrected chi connectivity index (χ1v) is 8.79. The quantitative estimate of drug-likeness (QED) is 0.795. The van der Waals surface area contributed by atoms with Crippen LogP contribution in [0.4, 0.5) is 0 Å². The number of hydrogen-bond donors (Lipinski definition) is 1. The lowest BCUT2D eigenvalue weighted by molar-refractivity contribution is 0.200. The van der Waals surface area contributed by atoms with Gasteiger partial charge in [-0.3, -0.25) is 5.10 Å². The summed E-state index contributed by atoms with van der Waals surface area (Å²) in [7, 11) is 4.40. The highest BCUT2D eigenvalue weighted by molar-refractivity contribution is 5.10. The van der Waals surface area contributed by atoms with E-state index in [2.05, 4.69) is 47.9 Å². The zero-order valence-corrected chi connectivity index (χ0v) is 15.5. The summed E-state index contributed by atoms with van der Waals surface area (Å²) in [6, 6.07) is 1.68. The van der Waals surface area contributed by atoms with Crippen LogP contribution in [0.1, 0.15) is 57.2 Å². The van der Waals surface area contributed by atoms with Gasteiger partial charge >= 0.3 is 0 Å². The zero-order valence-electron chi connectivity index (χ0n) is 15.5. The Balaban J connectivity index is 0.000000166. The molecular formula is C18H36N4. The molecule has 0 radical (unpaired) electrons. The van der Waals surface area contributed by atoms with Crippen LogP contribution in [0.2, 0.25) is 0 Å². The van der Waals surface area contributed by atoms with Gasteiger partial charge < -0.3 is 9.80 Å². The molecular weight excluding hydrogens is 272 g/mol. The molecule has 0 spiro atoms. The Morgan fingerprint density at radius 1 is 0.955 bits per heavy atom. The summed E-state index contributed by atoms with van der Waals surface area (Å²) in [6.45, 7) is 11.2. The van der Waals surface area contributed by atoms with Crippen LogP contribution in [-0.4, -0.2) is 59.3 Å². The van der Waals surface area contributed by atoms with Crippen molar-refractivity contribution in [2.45, 2.75) is 71.9 Å². The SMILES string of the molecule is CC1CCCCN1C.CC1CCCN1C.Cc1c[nH]nc1C. The average Bonchev–Trinajstić information content (AvgIpc) is 3.04. The molecule has 22 heavy (non-hydrogen) atoms. The molecule has 0 bridgehead atoms. The molecule has 1 aromatic rings.